The molecule has 146 valence electrons. The zero-order valence-electron chi connectivity index (χ0n) is 17.6. The Hall–Kier alpha value is -1.83. The number of pyridine rings is 1. The second-order valence-corrected chi connectivity index (χ2v) is 14.9. The molecule has 2 nitrogen and oxygen atoms in total. The van der Waals surface area contributed by atoms with E-state index in [0.29, 0.717) is 16.6 Å². The van der Waals surface area contributed by atoms with Gasteiger partial charge in [0.2, 0.25) is 0 Å². The SMILES string of the molecule is CC(C)[Si](C#Cc1cc2cc(Br)ccc2n1-c1ccccn1)(C(C)C)C(C)C. The molecule has 0 bridgehead atoms. The topological polar surface area (TPSA) is 17.8 Å². The van der Waals surface area contributed by atoms with Gasteiger partial charge in [0.05, 0.1) is 11.2 Å². The van der Waals surface area contributed by atoms with Gasteiger partial charge in [0.25, 0.3) is 0 Å². The molecule has 0 N–H and O–H groups in total. The van der Waals surface area contributed by atoms with Gasteiger partial charge in [-0.05, 0) is 53.0 Å². The summed E-state index contributed by atoms with van der Waals surface area (Å²) in [6.07, 6.45) is 1.84. The van der Waals surface area contributed by atoms with Crippen molar-refractivity contribution in [2.24, 2.45) is 0 Å². The van der Waals surface area contributed by atoms with Crippen LogP contribution in [0.4, 0.5) is 0 Å². The molecule has 0 amide bonds. The zero-order valence-corrected chi connectivity index (χ0v) is 20.2. The summed E-state index contributed by atoms with van der Waals surface area (Å²) in [5, 5.41) is 1.18. The lowest BCUT2D eigenvalue weighted by Gasteiger charge is -2.38. The average molecular weight is 454 g/mol. The largest absolute Gasteiger partial charge is 0.287 e. The van der Waals surface area contributed by atoms with Crippen molar-refractivity contribution < 1.29 is 0 Å². The molecule has 0 aliphatic heterocycles. The number of halogens is 1. The predicted molar refractivity (Wildman–Crippen MR) is 127 cm³/mol. The maximum absolute atomic E-state index is 4.60. The molecule has 0 aliphatic rings. The molecule has 0 radical (unpaired) electrons. The van der Waals surface area contributed by atoms with E-state index in [2.05, 4.69) is 103 Å². The lowest BCUT2D eigenvalue weighted by atomic mass is 10.2. The van der Waals surface area contributed by atoms with Gasteiger partial charge >= 0.3 is 0 Å². The molecule has 0 aliphatic carbocycles. The molecule has 3 aromatic rings. The molecule has 0 atom stereocenters. The van der Waals surface area contributed by atoms with E-state index < -0.39 is 8.07 Å². The molecule has 1 aromatic carbocycles. The Labute approximate surface area is 178 Å². The van der Waals surface area contributed by atoms with Crippen molar-refractivity contribution >= 4 is 34.9 Å². The molecule has 4 heteroatoms. The fraction of sp³-hybridized carbons (Fsp3) is 0.375. The molecular weight excluding hydrogens is 424 g/mol. The van der Waals surface area contributed by atoms with Crippen LogP contribution in [0.2, 0.25) is 16.6 Å². The molecule has 0 spiro atoms. The Balaban J connectivity index is 2.26. The third-order valence-corrected chi connectivity index (χ3v) is 12.7. The summed E-state index contributed by atoms with van der Waals surface area (Å²) < 4.78 is 3.27. The Morgan fingerprint density at radius 3 is 2.18 bits per heavy atom. The molecular formula is C24H29BrN2Si. The van der Waals surface area contributed by atoms with Crippen LogP contribution < -0.4 is 0 Å². The Morgan fingerprint density at radius 1 is 0.929 bits per heavy atom. The van der Waals surface area contributed by atoms with Gasteiger partial charge in [-0.3, -0.25) is 4.57 Å². The van der Waals surface area contributed by atoms with E-state index in [1.807, 2.05) is 24.4 Å². The normalized spacial score (nSPS) is 12.1. The minimum atomic E-state index is -1.80. The fourth-order valence-corrected chi connectivity index (χ4v) is 10.2. The van der Waals surface area contributed by atoms with E-state index in [0.717, 1.165) is 21.5 Å². The number of rotatable bonds is 4. The number of benzene rings is 1. The maximum atomic E-state index is 4.60. The average Bonchev–Trinajstić information content (AvgIpc) is 2.99. The highest BCUT2D eigenvalue weighted by Gasteiger charge is 2.41. The van der Waals surface area contributed by atoms with Crippen LogP contribution in [0.3, 0.4) is 0 Å². The number of hydrogen-bond donors (Lipinski definition) is 0. The van der Waals surface area contributed by atoms with Crippen LogP contribution in [-0.4, -0.2) is 17.6 Å². The highest BCUT2D eigenvalue weighted by molar-refractivity contribution is 9.10. The molecule has 0 fully saturated rings. The van der Waals surface area contributed by atoms with Gasteiger partial charge in [0.1, 0.15) is 13.9 Å². The van der Waals surface area contributed by atoms with Gasteiger partial charge in [-0.2, -0.15) is 0 Å². The highest BCUT2D eigenvalue weighted by Crippen LogP contribution is 2.41. The molecule has 2 aromatic heterocycles. The summed E-state index contributed by atoms with van der Waals surface area (Å²) in [5.74, 6) is 4.54. The second kappa shape index (κ2) is 8.27. The van der Waals surface area contributed by atoms with Crippen molar-refractivity contribution in [1.29, 1.82) is 0 Å². The summed E-state index contributed by atoms with van der Waals surface area (Å²) in [6.45, 7) is 14.1. The summed E-state index contributed by atoms with van der Waals surface area (Å²) in [6, 6.07) is 14.6. The first kappa shape index (κ1) is 20.9. The van der Waals surface area contributed by atoms with Gasteiger partial charge in [-0.15, -0.1) is 5.54 Å². The first-order valence-corrected chi connectivity index (χ1v) is 13.1. The van der Waals surface area contributed by atoms with E-state index in [1.54, 1.807) is 0 Å². The number of aromatic nitrogens is 2. The summed E-state index contributed by atoms with van der Waals surface area (Å²) in [4.78, 5) is 4.60. The van der Waals surface area contributed by atoms with E-state index in [1.165, 1.54) is 5.39 Å². The smallest absolute Gasteiger partial charge is 0.146 e. The van der Waals surface area contributed by atoms with Crippen LogP contribution in [0.15, 0.2) is 53.1 Å². The van der Waals surface area contributed by atoms with Crippen LogP contribution in [0.1, 0.15) is 47.2 Å². The maximum Gasteiger partial charge on any atom is 0.146 e. The van der Waals surface area contributed by atoms with Crippen LogP contribution in [-0.2, 0) is 0 Å². The summed E-state index contributed by atoms with van der Waals surface area (Å²) >= 11 is 3.60. The molecule has 0 unspecified atom stereocenters. The lowest BCUT2D eigenvalue weighted by Crippen LogP contribution is -2.43. The van der Waals surface area contributed by atoms with Crippen molar-refractivity contribution in [2.45, 2.75) is 58.2 Å². The number of nitrogens with zero attached hydrogens (tertiary/aromatic N) is 2. The lowest BCUT2D eigenvalue weighted by molar-refractivity contribution is 0.838. The van der Waals surface area contributed by atoms with Crippen LogP contribution in [0.5, 0.6) is 0 Å². The Kier molecular flexibility index (Phi) is 6.17. The number of fused-ring (bicyclic) bond motifs is 1. The van der Waals surface area contributed by atoms with Crippen molar-refractivity contribution in [2.75, 3.05) is 0 Å². The second-order valence-electron chi connectivity index (χ2n) is 8.40. The Bertz CT molecular complexity index is 1000. The van der Waals surface area contributed by atoms with Crippen LogP contribution >= 0.6 is 15.9 Å². The van der Waals surface area contributed by atoms with Gasteiger partial charge < -0.3 is 0 Å². The van der Waals surface area contributed by atoms with Gasteiger partial charge in [-0.25, -0.2) is 4.98 Å². The molecule has 3 rings (SSSR count). The van der Waals surface area contributed by atoms with E-state index in [4.69, 9.17) is 0 Å². The van der Waals surface area contributed by atoms with E-state index in [-0.39, 0.29) is 0 Å². The van der Waals surface area contributed by atoms with Gasteiger partial charge in [0, 0.05) is 16.1 Å². The molecule has 2 heterocycles. The zero-order chi connectivity index (χ0) is 20.5. The van der Waals surface area contributed by atoms with Crippen molar-refractivity contribution in [3.05, 3.63) is 58.8 Å². The minimum absolute atomic E-state index is 0.613. The summed E-state index contributed by atoms with van der Waals surface area (Å²) in [5.41, 5.74) is 7.86. The Morgan fingerprint density at radius 2 is 1.61 bits per heavy atom. The minimum Gasteiger partial charge on any atom is -0.287 e. The third kappa shape index (κ3) is 3.71. The molecule has 0 saturated heterocycles. The highest BCUT2D eigenvalue weighted by atomic mass is 79.9. The van der Waals surface area contributed by atoms with Gasteiger partial charge in [-0.1, -0.05) is 69.5 Å². The standard InChI is InChI=1S/C24H29BrN2Si/c1-17(2)28(18(3)4,19(5)6)14-12-22-16-20-15-21(25)10-11-23(20)27(22)24-9-7-8-13-26-24/h7-11,13,15-19H,1-6H3. The quantitative estimate of drug-likeness (QED) is 0.298. The first-order valence-electron chi connectivity index (χ1n) is 10.0. The van der Waals surface area contributed by atoms with Gasteiger partial charge in [0.15, 0.2) is 0 Å². The first-order chi connectivity index (χ1) is 13.3. The molecule has 0 saturated carbocycles. The van der Waals surface area contributed by atoms with E-state index >= 15 is 0 Å². The third-order valence-electron chi connectivity index (χ3n) is 5.92. The van der Waals surface area contributed by atoms with Crippen LogP contribution in [0.25, 0.3) is 16.7 Å². The van der Waals surface area contributed by atoms with Crippen molar-refractivity contribution in [3.8, 4) is 17.3 Å². The molecule has 28 heavy (non-hydrogen) atoms. The van der Waals surface area contributed by atoms with E-state index in [9.17, 15) is 0 Å². The van der Waals surface area contributed by atoms with Crippen molar-refractivity contribution in [3.63, 3.8) is 0 Å². The van der Waals surface area contributed by atoms with Crippen LogP contribution in [0, 0.1) is 11.5 Å². The summed E-state index contributed by atoms with van der Waals surface area (Å²) in [7, 11) is -1.80. The van der Waals surface area contributed by atoms with Crippen molar-refractivity contribution in [1.82, 2.24) is 9.55 Å². The predicted octanol–water partition coefficient (Wildman–Crippen LogP) is 7.36. The fourth-order valence-electron chi connectivity index (χ4n) is 4.62. The number of hydrogen-bond acceptors (Lipinski definition) is 1. The monoisotopic (exact) mass is 452 g/mol.